The summed E-state index contributed by atoms with van der Waals surface area (Å²) in [6.07, 6.45) is 1.83. The summed E-state index contributed by atoms with van der Waals surface area (Å²) in [6, 6.07) is 5.89. The third kappa shape index (κ3) is 2.91. The molecule has 0 spiro atoms. The molecular weight excluding hydrogens is 188 g/mol. The van der Waals surface area contributed by atoms with Crippen molar-refractivity contribution in [1.82, 2.24) is 0 Å². The summed E-state index contributed by atoms with van der Waals surface area (Å²) in [7, 11) is 0. The molecule has 1 atom stereocenters. The minimum Gasteiger partial charge on any atom is -0.492 e. The molecule has 0 aliphatic rings. The lowest BCUT2D eigenvalue weighted by molar-refractivity contribution is 0.342. The number of nitrogens with one attached hydrogen (secondary N) is 1. The van der Waals surface area contributed by atoms with Gasteiger partial charge in [0.25, 0.3) is 0 Å². The second-order valence-corrected chi connectivity index (χ2v) is 3.32. The second-order valence-electron chi connectivity index (χ2n) is 3.32. The number of ether oxygens (including phenoxy) is 1. The van der Waals surface area contributed by atoms with Crippen LogP contribution in [0.2, 0.25) is 0 Å². The van der Waals surface area contributed by atoms with Crippen LogP contribution in [0.25, 0.3) is 0 Å². The molecule has 3 heteroatoms. The van der Waals surface area contributed by atoms with E-state index in [1.807, 2.05) is 38.1 Å². The van der Waals surface area contributed by atoms with Crippen LogP contribution < -0.4 is 15.8 Å². The van der Waals surface area contributed by atoms with E-state index in [1.165, 1.54) is 0 Å². The summed E-state index contributed by atoms with van der Waals surface area (Å²) in [6.45, 7) is 8.28. The maximum atomic E-state index is 5.95. The SMILES string of the molecule is C=CC(C)Nc1cccc(OCC)c1N. The van der Waals surface area contributed by atoms with Crippen molar-refractivity contribution in [3.8, 4) is 5.75 Å². The molecule has 0 amide bonds. The molecule has 3 N–H and O–H groups in total. The number of rotatable bonds is 5. The van der Waals surface area contributed by atoms with Crippen LogP contribution in [0.5, 0.6) is 5.75 Å². The molecule has 82 valence electrons. The highest BCUT2D eigenvalue weighted by Gasteiger charge is 2.06. The molecule has 1 aromatic carbocycles. The van der Waals surface area contributed by atoms with Crippen molar-refractivity contribution >= 4 is 11.4 Å². The van der Waals surface area contributed by atoms with Gasteiger partial charge in [-0.05, 0) is 26.0 Å². The second kappa shape index (κ2) is 5.29. The van der Waals surface area contributed by atoms with Gasteiger partial charge in [0.1, 0.15) is 5.75 Å². The van der Waals surface area contributed by atoms with Crippen LogP contribution in [0.1, 0.15) is 13.8 Å². The monoisotopic (exact) mass is 206 g/mol. The van der Waals surface area contributed by atoms with Crippen molar-refractivity contribution in [1.29, 1.82) is 0 Å². The molecule has 0 aliphatic heterocycles. The lowest BCUT2D eigenvalue weighted by atomic mass is 10.2. The first-order valence-electron chi connectivity index (χ1n) is 5.09. The van der Waals surface area contributed by atoms with Gasteiger partial charge in [-0.15, -0.1) is 6.58 Å². The van der Waals surface area contributed by atoms with Crippen LogP contribution in [0.4, 0.5) is 11.4 Å². The highest BCUT2D eigenvalue weighted by Crippen LogP contribution is 2.29. The molecule has 0 heterocycles. The average Bonchev–Trinajstić information content (AvgIpc) is 2.24. The number of anilines is 2. The Hall–Kier alpha value is -1.64. The fraction of sp³-hybridized carbons (Fsp3) is 0.333. The minimum absolute atomic E-state index is 0.184. The fourth-order valence-corrected chi connectivity index (χ4v) is 1.26. The number of nitrogens with two attached hydrogens (primary N) is 1. The number of hydrogen-bond donors (Lipinski definition) is 2. The molecule has 1 aromatic rings. The third-order valence-corrected chi connectivity index (χ3v) is 2.10. The molecule has 0 radical (unpaired) electrons. The summed E-state index contributed by atoms with van der Waals surface area (Å²) in [5.74, 6) is 0.721. The summed E-state index contributed by atoms with van der Waals surface area (Å²) in [5, 5.41) is 3.24. The first kappa shape index (κ1) is 11.4. The maximum Gasteiger partial charge on any atom is 0.144 e. The van der Waals surface area contributed by atoms with Crippen molar-refractivity contribution < 1.29 is 4.74 Å². The fourth-order valence-electron chi connectivity index (χ4n) is 1.26. The van der Waals surface area contributed by atoms with Crippen LogP contribution in [-0.4, -0.2) is 12.6 Å². The normalized spacial score (nSPS) is 11.9. The molecule has 0 aromatic heterocycles. The van der Waals surface area contributed by atoms with Gasteiger partial charge >= 0.3 is 0 Å². The van der Waals surface area contributed by atoms with Crippen LogP contribution in [-0.2, 0) is 0 Å². The van der Waals surface area contributed by atoms with E-state index in [-0.39, 0.29) is 6.04 Å². The molecular formula is C12H18N2O. The first-order valence-corrected chi connectivity index (χ1v) is 5.09. The Kier molecular flexibility index (Phi) is 4.03. The average molecular weight is 206 g/mol. The van der Waals surface area contributed by atoms with Crippen molar-refractivity contribution in [3.63, 3.8) is 0 Å². The smallest absolute Gasteiger partial charge is 0.144 e. The van der Waals surface area contributed by atoms with Crippen molar-refractivity contribution in [2.75, 3.05) is 17.7 Å². The zero-order valence-corrected chi connectivity index (χ0v) is 9.29. The van der Waals surface area contributed by atoms with E-state index in [0.29, 0.717) is 12.3 Å². The molecule has 0 bridgehead atoms. The lowest BCUT2D eigenvalue weighted by Gasteiger charge is -2.15. The number of benzene rings is 1. The van der Waals surface area contributed by atoms with E-state index in [0.717, 1.165) is 11.4 Å². The summed E-state index contributed by atoms with van der Waals surface area (Å²) in [4.78, 5) is 0. The highest BCUT2D eigenvalue weighted by molar-refractivity contribution is 5.73. The lowest BCUT2D eigenvalue weighted by Crippen LogP contribution is -2.13. The molecule has 0 saturated heterocycles. The molecule has 0 fully saturated rings. The van der Waals surface area contributed by atoms with Gasteiger partial charge in [-0.3, -0.25) is 0 Å². The Morgan fingerprint density at radius 2 is 2.33 bits per heavy atom. The largest absolute Gasteiger partial charge is 0.492 e. The highest BCUT2D eigenvalue weighted by atomic mass is 16.5. The molecule has 1 unspecified atom stereocenters. The van der Waals surface area contributed by atoms with Gasteiger partial charge in [-0.1, -0.05) is 12.1 Å². The summed E-state index contributed by atoms with van der Waals surface area (Å²) < 4.78 is 5.40. The standard InChI is InChI=1S/C12H18N2O/c1-4-9(3)14-10-7-6-8-11(12(10)13)15-5-2/h4,6-9,14H,1,5,13H2,2-3H3. The van der Waals surface area contributed by atoms with Gasteiger partial charge in [-0.25, -0.2) is 0 Å². The Balaban J connectivity index is 2.88. The van der Waals surface area contributed by atoms with Gasteiger partial charge < -0.3 is 15.8 Å². The predicted molar refractivity (Wildman–Crippen MR) is 65.3 cm³/mol. The van der Waals surface area contributed by atoms with E-state index in [1.54, 1.807) is 0 Å². The molecule has 3 nitrogen and oxygen atoms in total. The Morgan fingerprint density at radius 1 is 1.60 bits per heavy atom. The molecule has 1 rings (SSSR count). The Bertz CT molecular complexity index is 336. The van der Waals surface area contributed by atoms with Crippen molar-refractivity contribution in [2.24, 2.45) is 0 Å². The molecule has 0 saturated carbocycles. The van der Waals surface area contributed by atoms with Crippen LogP contribution in [0.3, 0.4) is 0 Å². The zero-order valence-electron chi connectivity index (χ0n) is 9.29. The Labute approximate surface area is 90.9 Å². The zero-order chi connectivity index (χ0) is 11.3. The molecule has 0 aliphatic carbocycles. The van der Waals surface area contributed by atoms with E-state index in [4.69, 9.17) is 10.5 Å². The van der Waals surface area contributed by atoms with Gasteiger partial charge in [0.2, 0.25) is 0 Å². The number of hydrogen-bond acceptors (Lipinski definition) is 3. The summed E-state index contributed by atoms with van der Waals surface area (Å²) in [5.41, 5.74) is 7.48. The van der Waals surface area contributed by atoms with E-state index >= 15 is 0 Å². The van der Waals surface area contributed by atoms with Crippen molar-refractivity contribution in [2.45, 2.75) is 19.9 Å². The summed E-state index contributed by atoms with van der Waals surface area (Å²) >= 11 is 0. The minimum atomic E-state index is 0.184. The number of para-hydroxylation sites is 1. The quantitative estimate of drug-likeness (QED) is 0.575. The van der Waals surface area contributed by atoms with Crippen LogP contribution in [0.15, 0.2) is 30.9 Å². The molecule has 15 heavy (non-hydrogen) atoms. The van der Waals surface area contributed by atoms with Gasteiger partial charge in [-0.2, -0.15) is 0 Å². The topological polar surface area (TPSA) is 47.3 Å². The van der Waals surface area contributed by atoms with Gasteiger partial charge in [0.15, 0.2) is 0 Å². The van der Waals surface area contributed by atoms with E-state index in [9.17, 15) is 0 Å². The van der Waals surface area contributed by atoms with Crippen molar-refractivity contribution in [3.05, 3.63) is 30.9 Å². The van der Waals surface area contributed by atoms with Gasteiger partial charge in [0.05, 0.1) is 18.0 Å². The first-order chi connectivity index (χ1) is 7.19. The number of nitrogen functional groups attached to an aromatic ring is 1. The van der Waals surface area contributed by atoms with Gasteiger partial charge in [0, 0.05) is 6.04 Å². The maximum absolute atomic E-state index is 5.95. The van der Waals surface area contributed by atoms with E-state index < -0.39 is 0 Å². The van der Waals surface area contributed by atoms with Crippen LogP contribution >= 0.6 is 0 Å². The Morgan fingerprint density at radius 3 is 2.93 bits per heavy atom. The third-order valence-electron chi connectivity index (χ3n) is 2.10. The predicted octanol–water partition coefficient (Wildman–Crippen LogP) is 2.65. The van der Waals surface area contributed by atoms with Crippen LogP contribution in [0, 0.1) is 0 Å². The van der Waals surface area contributed by atoms with E-state index in [2.05, 4.69) is 11.9 Å².